The summed E-state index contributed by atoms with van der Waals surface area (Å²) in [5, 5.41) is 0. The van der Waals surface area contributed by atoms with Gasteiger partial charge in [-0.2, -0.15) is 0 Å². The first kappa shape index (κ1) is 16.1. The van der Waals surface area contributed by atoms with Gasteiger partial charge in [0.05, 0.1) is 19.6 Å². The van der Waals surface area contributed by atoms with Gasteiger partial charge in [-0.05, 0) is 19.1 Å². The zero-order chi connectivity index (χ0) is 16.1. The van der Waals surface area contributed by atoms with E-state index in [4.69, 9.17) is 4.74 Å². The number of hydrogen-bond donors (Lipinski definition) is 2. The number of imide groups is 1. The normalized spacial score (nSPS) is 17.9. The van der Waals surface area contributed by atoms with Gasteiger partial charge in [-0.3, -0.25) is 24.7 Å². The molecule has 7 heteroatoms. The number of carbonyl (C=O) groups is 3. The predicted octanol–water partition coefficient (Wildman–Crippen LogP) is 0.00332. The number of benzene rings is 1. The van der Waals surface area contributed by atoms with E-state index in [0.29, 0.717) is 12.2 Å². The number of rotatable bonds is 6. The highest BCUT2D eigenvalue weighted by molar-refractivity contribution is 6.05. The van der Waals surface area contributed by atoms with Crippen LogP contribution in [0.2, 0.25) is 0 Å². The Bertz CT molecular complexity index is 571. The van der Waals surface area contributed by atoms with Crippen LogP contribution >= 0.6 is 0 Å². The first-order valence-electron chi connectivity index (χ1n) is 6.98. The van der Waals surface area contributed by atoms with Gasteiger partial charge < -0.3 is 4.74 Å². The summed E-state index contributed by atoms with van der Waals surface area (Å²) in [5.74, 6) is -0.981. The number of amides is 3. The number of nitrogens with zero attached hydrogens (tertiary/aromatic N) is 1. The molecule has 2 N–H and O–H groups in total. The second-order valence-electron chi connectivity index (χ2n) is 5.10. The van der Waals surface area contributed by atoms with Crippen molar-refractivity contribution in [2.45, 2.75) is 19.4 Å². The Kier molecular flexibility index (Phi) is 5.24. The van der Waals surface area contributed by atoms with Crippen LogP contribution in [0.25, 0.3) is 0 Å². The van der Waals surface area contributed by atoms with E-state index in [1.807, 2.05) is 19.1 Å². The Morgan fingerprint density at radius 3 is 2.64 bits per heavy atom. The van der Waals surface area contributed by atoms with Crippen LogP contribution in [0.4, 0.5) is 0 Å². The molecule has 0 aromatic heterocycles. The van der Waals surface area contributed by atoms with E-state index in [9.17, 15) is 14.4 Å². The summed E-state index contributed by atoms with van der Waals surface area (Å²) in [5.41, 5.74) is 6.63. The second-order valence-corrected chi connectivity index (χ2v) is 5.10. The molecule has 1 unspecified atom stereocenters. The molecule has 0 radical (unpaired) electrons. The van der Waals surface area contributed by atoms with Crippen LogP contribution in [-0.2, 0) is 14.3 Å². The van der Waals surface area contributed by atoms with Crippen molar-refractivity contribution >= 4 is 17.7 Å². The molecule has 1 fully saturated rings. The van der Waals surface area contributed by atoms with Crippen molar-refractivity contribution in [2.75, 3.05) is 20.3 Å². The molecule has 0 bridgehead atoms. The molecule has 1 aliphatic heterocycles. The van der Waals surface area contributed by atoms with E-state index in [0.717, 1.165) is 10.5 Å². The number of methoxy groups -OCH3 is 1. The average molecular weight is 305 g/mol. The minimum Gasteiger partial charge on any atom is -0.383 e. The van der Waals surface area contributed by atoms with Crippen LogP contribution in [0.1, 0.15) is 22.3 Å². The highest BCUT2D eigenvalue weighted by Crippen LogP contribution is 2.12. The molecule has 22 heavy (non-hydrogen) atoms. The molecule has 7 nitrogen and oxygen atoms in total. The third kappa shape index (κ3) is 3.69. The monoisotopic (exact) mass is 305 g/mol. The first-order chi connectivity index (χ1) is 10.5. The van der Waals surface area contributed by atoms with Crippen LogP contribution in [0.5, 0.6) is 0 Å². The van der Waals surface area contributed by atoms with Crippen molar-refractivity contribution in [1.82, 2.24) is 15.8 Å². The maximum Gasteiger partial charge on any atom is 0.265 e. The topological polar surface area (TPSA) is 87.7 Å². The molecule has 1 aromatic carbocycles. The molecule has 2 rings (SSSR count). The Morgan fingerprint density at radius 1 is 1.32 bits per heavy atom. The lowest BCUT2D eigenvalue weighted by atomic mass is 10.1. The number of aryl methyl sites for hydroxylation is 1. The zero-order valence-electron chi connectivity index (χ0n) is 12.6. The Labute approximate surface area is 128 Å². The van der Waals surface area contributed by atoms with E-state index in [1.54, 1.807) is 12.1 Å². The van der Waals surface area contributed by atoms with Crippen molar-refractivity contribution in [3.63, 3.8) is 0 Å². The average Bonchev–Trinajstić information content (AvgIpc) is 2.78. The maximum atomic E-state index is 12.1. The van der Waals surface area contributed by atoms with Gasteiger partial charge in [-0.25, -0.2) is 5.43 Å². The fraction of sp³-hybridized carbons (Fsp3) is 0.400. The third-order valence-electron chi connectivity index (χ3n) is 3.44. The maximum absolute atomic E-state index is 12.1. The molecule has 0 spiro atoms. The summed E-state index contributed by atoms with van der Waals surface area (Å²) in [6.45, 7) is 2.44. The summed E-state index contributed by atoms with van der Waals surface area (Å²) >= 11 is 0. The molecule has 1 heterocycles. The highest BCUT2D eigenvalue weighted by atomic mass is 16.5. The molecule has 3 amide bonds. The van der Waals surface area contributed by atoms with Crippen LogP contribution in [0.15, 0.2) is 24.3 Å². The van der Waals surface area contributed by atoms with Gasteiger partial charge >= 0.3 is 0 Å². The Balaban J connectivity index is 1.89. The van der Waals surface area contributed by atoms with E-state index in [1.165, 1.54) is 7.11 Å². The molecule has 1 atom stereocenters. The fourth-order valence-electron chi connectivity index (χ4n) is 2.14. The van der Waals surface area contributed by atoms with E-state index >= 15 is 0 Å². The van der Waals surface area contributed by atoms with Crippen LogP contribution in [0, 0.1) is 6.92 Å². The number of ether oxygens (including phenoxy) is 1. The van der Waals surface area contributed by atoms with Gasteiger partial charge in [0.1, 0.15) is 6.04 Å². The third-order valence-corrected chi connectivity index (χ3v) is 3.44. The lowest BCUT2D eigenvalue weighted by Crippen LogP contribution is -2.48. The molecule has 118 valence electrons. The minimum atomic E-state index is -0.737. The lowest BCUT2D eigenvalue weighted by molar-refractivity contribution is -0.139. The van der Waals surface area contributed by atoms with Gasteiger partial charge in [-0.1, -0.05) is 17.7 Å². The zero-order valence-corrected chi connectivity index (χ0v) is 12.6. The molecule has 0 aliphatic carbocycles. The van der Waals surface area contributed by atoms with Gasteiger partial charge in [0, 0.05) is 12.7 Å². The molecule has 1 aliphatic rings. The molecule has 0 saturated carbocycles. The van der Waals surface area contributed by atoms with Crippen molar-refractivity contribution in [1.29, 1.82) is 0 Å². The van der Waals surface area contributed by atoms with Crippen LogP contribution in [0.3, 0.4) is 0 Å². The summed E-state index contributed by atoms with van der Waals surface area (Å²) in [7, 11) is 1.50. The number of hydrazine groups is 1. The van der Waals surface area contributed by atoms with Crippen molar-refractivity contribution in [3.8, 4) is 0 Å². The molecule has 1 aromatic rings. The molecule has 1 saturated heterocycles. The van der Waals surface area contributed by atoms with Crippen molar-refractivity contribution in [3.05, 3.63) is 35.4 Å². The number of likely N-dealkylation sites (tertiary alicyclic amines) is 1. The van der Waals surface area contributed by atoms with E-state index in [-0.39, 0.29) is 30.7 Å². The largest absolute Gasteiger partial charge is 0.383 e. The van der Waals surface area contributed by atoms with Crippen LogP contribution < -0.4 is 10.9 Å². The SMILES string of the molecule is COCCN1C(=O)CC(NNC(=O)c2ccc(C)cc2)C1=O. The summed E-state index contributed by atoms with van der Waals surface area (Å²) in [6.07, 6.45) is 0.0245. The Morgan fingerprint density at radius 2 is 2.00 bits per heavy atom. The van der Waals surface area contributed by atoms with Gasteiger partial charge in [-0.15, -0.1) is 0 Å². The quantitative estimate of drug-likeness (QED) is 0.571. The van der Waals surface area contributed by atoms with Crippen molar-refractivity contribution < 1.29 is 19.1 Å². The summed E-state index contributed by atoms with van der Waals surface area (Å²) in [4.78, 5) is 36.9. The second kappa shape index (κ2) is 7.15. The number of nitrogens with one attached hydrogen (secondary N) is 2. The minimum absolute atomic E-state index is 0.0245. The van der Waals surface area contributed by atoms with E-state index in [2.05, 4.69) is 10.9 Å². The Hall–Kier alpha value is -2.25. The summed E-state index contributed by atoms with van der Waals surface area (Å²) < 4.78 is 4.87. The first-order valence-corrected chi connectivity index (χ1v) is 6.98. The van der Waals surface area contributed by atoms with Gasteiger partial charge in [0.25, 0.3) is 5.91 Å². The standard InChI is InChI=1S/C15H19N3O4/c1-10-3-5-11(6-4-10)14(20)17-16-12-9-13(19)18(15(12)21)7-8-22-2/h3-6,12,16H,7-9H2,1-2H3,(H,17,20). The number of carbonyl (C=O) groups excluding carboxylic acids is 3. The van der Waals surface area contributed by atoms with Gasteiger partial charge in [0.2, 0.25) is 11.8 Å². The summed E-state index contributed by atoms with van der Waals surface area (Å²) in [6, 6.07) is 6.30. The van der Waals surface area contributed by atoms with Gasteiger partial charge in [0.15, 0.2) is 0 Å². The molecular formula is C15H19N3O4. The van der Waals surface area contributed by atoms with E-state index < -0.39 is 6.04 Å². The van der Waals surface area contributed by atoms with Crippen molar-refractivity contribution in [2.24, 2.45) is 0 Å². The fourth-order valence-corrected chi connectivity index (χ4v) is 2.14. The number of hydrogen-bond acceptors (Lipinski definition) is 5. The van der Waals surface area contributed by atoms with Crippen LogP contribution in [-0.4, -0.2) is 48.9 Å². The predicted molar refractivity (Wildman–Crippen MR) is 78.8 cm³/mol. The highest BCUT2D eigenvalue weighted by Gasteiger charge is 2.38. The molecular weight excluding hydrogens is 286 g/mol. The lowest BCUT2D eigenvalue weighted by Gasteiger charge is -2.15. The smallest absolute Gasteiger partial charge is 0.265 e.